The van der Waals surface area contributed by atoms with Crippen LogP contribution in [-0.4, -0.2) is 48.8 Å². The molecule has 2 aromatic heterocycles. The standard InChI is InChI=1S/C18H23N7O3/c1-4-27-18(26)15-14(25(23-20-15)17-16(19)21-28-22-17)11-24(12(2)3)10-13-8-6-5-7-9-13/h5-9,12H,4,10-11H2,1-3H3,(H2,19,21). The predicted octanol–water partition coefficient (Wildman–Crippen LogP) is 1.82. The smallest absolute Gasteiger partial charge is 0.360 e. The van der Waals surface area contributed by atoms with Crippen molar-refractivity contribution >= 4 is 11.8 Å². The van der Waals surface area contributed by atoms with Gasteiger partial charge in [0, 0.05) is 19.1 Å². The molecule has 0 unspecified atom stereocenters. The first-order valence-corrected chi connectivity index (χ1v) is 8.99. The molecule has 0 aliphatic carbocycles. The quantitative estimate of drug-likeness (QED) is 0.578. The van der Waals surface area contributed by atoms with E-state index in [1.807, 2.05) is 18.2 Å². The lowest BCUT2D eigenvalue weighted by Gasteiger charge is -2.26. The highest BCUT2D eigenvalue weighted by Crippen LogP contribution is 2.20. The van der Waals surface area contributed by atoms with Crippen LogP contribution >= 0.6 is 0 Å². The van der Waals surface area contributed by atoms with Gasteiger partial charge in [0.05, 0.1) is 12.3 Å². The van der Waals surface area contributed by atoms with Gasteiger partial charge in [-0.25, -0.2) is 9.42 Å². The zero-order chi connectivity index (χ0) is 20.1. The molecule has 3 aromatic rings. The Morgan fingerprint density at radius 3 is 2.61 bits per heavy atom. The number of aromatic nitrogens is 5. The predicted molar refractivity (Wildman–Crippen MR) is 100 cm³/mol. The van der Waals surface area contributed by atoms with E-state index in [0.29, 0.717) is 18.8 Å². The van der Waals surface area contributed by atoms with Crippen molar-refractivity contribution in [3.8, 4) is 5.82 Å². The van der Waals surface area contributed by atoms with Gasteiger partial charge < -0.3 is 10.5 Å². The van der Waals surface area contributed by atoms with Crippen LogP contribution in [0.25, 0.3) is 5.82 Å². The number of rotatable bonds is 8. The Bertz CT molecular complexity index is 920. The number of nitrogens with two attached hydrogens (primary N) is 1. The van der Waals surface area contributed by atoms with E-state index in [-0.39, 0.29) is 30.0 Å². The van der Waals surface area contributed by atoms with Gasteiger partial charge in [-0.2, -0.15) is 4.68 Å². The molecular formula is C18H23N7O3. The molecule has 10 nitrogen and oxygen atoms in total. The summed E-state index contributed by atoms with van der Waals surface area (Å²) in [5.41, 5.74) is 7.58. The zero-order valence-electron chi connectivity index (χ0n) is 16.1. The van der Waals surface area contributed by atoms with E-state index in [0.717, 1.165) is 5.56 Å². The van der Waals surface area contributed by atoms with Gasteiger partial charge in [0.15, 0.2) is 5.69 Å². The van der Waals surface area contributed by atoms with Crippen molar-refractivity contribution in [2.75, 3.05) is 12.3 Å². The summed E-state index contributed by atoms with van der Waals surface area (Å²) in [7, 11) is 0. The summed E-state index contributed by atoms with van der Waals surface area (Å²) in [5.74, 6) is -0.315. The second-order valence-corrected chi connectivity index (χ2v) is 6.47. The van der Waals surface area contributed by atoms with E-state index < -0.39 is 5.97 Å². The maximum atomic E-state index is 12.4. The number of benzene rings is 1. The number of hydrogen-bond donors (Lipinski definition) is 1. The number of anilines is 1. The summed E-state index contributed by atoms with van der Waals surface area (Å²) < 4.78 is 11.2. The highest BCUT2D eigenvalue weighted by molar-refractivity contribution is 5.88. The normalized spacial score (nSPS) is 11.3. The van der Waals surface area contributed by atoms with Crippen LogP contribution in [0.3, 0.4) is 0 Å². The van der Waals surface area contributed by atoms with Gasteiger partial charge in [-0.1, -0.05) is 35.5 Å². The molecule has 0 atom stereocenters. The van der Waals surface area contributed by atoms with E-state index in [1.54, 1.807) is 6.92 Å². The first-order chi connectivity index (χ1) is 13.5. The Balaban J connectivity index is 1.98. The molecule has 0 bridgehead atoms. The van der Waals surface area contributed by atoms with E-state index in [1.165, 1.54) is 4.68 Å². The van der Waals surface area contributed by atoms with Crippen LogP contribution in [0.1, 0.15) is 42.5 Å². The number of nitrogens with zero attached hydrogens (tertiary/aromatic N) is 6. The Hall–Kier alpha value is -3.27. The monoisotopic (exact) mass is 385 g/mol. The average molecular weight is 385 g/mol. The Labute approximate surface area is 162 Å². The highest BCUT2D eigenvalue weighted by atomic mass is 16.6. The first-order valence-electron chi connectivity index (χ1n) is 8.99. The summed E-state index contributed by atoms with van der Waals surface area (Å²) in [6.45, 7) is 7.17. The van der Waals surface area contributed by atoms with E-state index in [4.69, 9.17) is 10.5 Å². The van der Waals surface area contributed by atoms with Gasteiger partial charge in [0.1, 0.15) is 0 Å². The summed E-state index contributed by atoms with van der Waals surface area (Å²) in [4.78, 5) is 14.6. The van der Waals surface area contributed by atoms with Gasteiger partial charge in [0.25, 0.3) is 0 Å². The SMILES string of the molecule is CCOC(=O)c1nnn(-c2nonc2N)c1CN(Cc1ccccc1)C(C)C. The second-order valence-electron chi connectivity index (χ2n) is 6.47. The zero-order valence-corrected chi connectivity index (χ0v) is 16.1. The molecule has 0 aliphatic heterocycles. The molecule has 148 valence electrons. The molecule has 3 rings (SSSR count). The number of ether oxygens (including phenoxy) is 1. The molecule has 2 heterocycles. The molecule has 0 radical (unpaired) electrons. The molecular weight excluding hydrogens is 362 g/mol. The lowest BCUT2D eigenvalue weighted by molar-refractivity contribution is 0.0516. The fraction of sp³-hybridized carbons (Fsp3) is 0.389. The number of esters is 1. The Morgan fingerprint density at radius 2 is 2.00 bits per heavy atom. The van der Waals surface area contributed by atoms with Crippen LogP contribution in [0.2, 0.25) is 0 Å². The molecule has 0 amide bonds. The summed E-state index contributed by atoms with van der Waals surface area (Å²) in [6, 6.07) is 10.2. The Morgan fingerprint density at radius 1 is 1.25 bits per heavy atom. The van der Waals surface area contributed by atoms with Crippen LogP contribution in [-0.2, 0) is 17.8 Å². The van der Waals surface area contributed by atoms with Crippen molar-refractivity contribution in [1.82, 2.24) is 30.2 Å². The maximum absolute atomic E-state index is 12.4. The number of hydrogen-bond acceptors (Lipinski definition) is 9. The number of carbonyl (C=O) groups is 1. The van der Waals surface area contributed by atoms with Gasteiger partial charge in [-0.3, -0.25) is 4.90 Å². The molecule has 2 N–H and O–H groups in total. The van der Waals surface area contributed by atoms with Crippen molar-refractivity contribution < 1.29 is 14.2 Å². The van der Waals surface area contributed by atoms with Crippen LogP contribution in [0.15, 0.2) is 35.0 Å². The second kappa shape index (κ2) is 8.61. The van der Waals surface area contributed by atoms with E-state index >= 15 is 0 Å². The molecule has 10 heteroatoms. The molecule has 0 saturated carbocycles. The maximum Gasteiger partial charge on any atom is 0.360 e. The molecule has 0 fully saturated rings. The highest BCUT2D eigenvalue weighted by Gasteiger charge is 2.27. The van der Waals surface area contributed by atoms with Crippen LogP contribution < -0.4 is 5.73 Å². The van der Waals surface area contributed by atoms with Crippen molar-refractivity contribution in [2.24, 2.45) is 0 Å². The fourth-order valence-electron chi connectivity index (χ4n) is 2.74. The summed E-state index contributed by atoms with van der Waals surface area (Å²) >= 11 is 0. The van der Waals surface area contributed by atoms with Gasteiger partial charge in [-0.15, -0.1) is 5.10 Å². The van der Waals surface area contributed by atoms with Crippen LogP contribution in [0, 0.1) is 0 Å². The van der Waals surface area contributed by atoms with Crippen molar-refractivity contribution in [2.45, 2.75) is 39.9 Å². The third-order valence-electron chi connectivity index (χ3n) is 4.24. The Kier molecular flexibility index (Phi) is 5.99. The molecule has 28 heavy (non-hydrogen) atoms. The van der Waals surface area contributed by atoms with Gasteiger partial charge in [-0.05, 0) is 36.6 Å². The van der Waals surface area contributed by atoms with Gasteiger partial charge in [0.2, 0.25) is 11.6 Å². The molecule has 0 aliphatic rings. The lowest BCUT2D eigenvalue weighted by Crippen LogP contribution is -2.31. The van der Waals surface area contributed by atoms with E-state index in [2.05, 4.69) is 56.1 Å². The first kappa shape index (κ1) is 19.5. The minimum atomic E-state index is -0.554. The van der Waals surface area contributed by atoms with Gasteiger partial charge >= 0.3 is 5.97 Å². The average Bonchev–Trinajstić information content (AvgIpc) is 3.28. The number of nitrogen functional groups attached to an aromatic ring is 1. The largest absolute Gasteiger partial charge is 0.461 e. The van der Waals surface area contributed by atoms with E-state index in [9.17, 15) is 4.79 Å². The summed E-state index contributed by atoms with van der Waals surface area (Å²) in [6.07, 6.45) is 0. The minimum Gasteiger partial charge on any atom is -0.461 e. The van der Waals surface area contributed by atoms with Crippen molar-refractivity contribution in [3.05, 3.63) is 47.3 Å². The van der Waals surface area contributed by atoms with Crippen LogP contribution in [0.5, 0.6) is 0 Å². The minimum absolute atomic E-state index is 0.0562. The third-order valence-corrected chi connectivity index (χ3v) is 4.24. The third kappa shape index (κ3) is 4.17. The van der Waals surface area contributed by atoms with Crippen molar-refractivity contribution in [1.29, 1.82) is 0 Å². The number of carbonyl (C=O) groups excluding carboxylic acids is 1. The summed E-state index contributed by atoms with van der Waals surface area (Å²) in [5, 5.41) is 15.4. The lowest BCUT2D eigenvalue weighted by atomic mass is 10.1. The molecule has 0 saturated heterocycles. The van der Waals surface area contributed by atoms with Crippen molar-refractivity contribution in [3.63, 3.8) is 0 Å². The topological polar surface area (TPSA) is 125 Å². The molecule has 1 aromatic carbocycles. The van der Waals surface area contributed by atoms with Crippen LogP contribution in [0.4, 0.5) is 5.82 Å². The fourth-order valence-corrected chi connectivity index (χ4v) is 2.74. The molecule has 0 spiro atoms.